The molecular formula is C20H19NO5Te. The predicted octanol–water partition coefficient (Wildman–Crippen LogP) is 1.50. The van der Waals surface area contributed by atoms with Gasteiger partial charge in [0, 0.05) is 0 Å². The van der Waals surface area contributed by atoms with Gasteiger partial charge in [-0.25, -0.2) is 0 Å². The molecule has 0 amide bonds. The first-order valence-electron chi connectivity index (χ1n) is 8.05. The summed E-state index contributed by atoms with van der Waals surface area (Å²) in [6.07, 6.45) is 1.50. The average molecular weight is 481 g/mol. The summed E-state index contributed by atoms with van der Waals surface area (Å²) < 4.78 is 28.7. The Hall–Kier alpha value is -2.59. The fourth-order valence-corrected chi connectivity index (χ4v) is 7.47. The van der Waals surface area contributed by atoms with Crippen molar-refractivity contribution in [3.63, 3.8) is 0 Å². The quantitative estimate of drug-likeness (QED) is 0.539. The maximum absolute atomic E-state index is 12.6. The van der Waals surface area contributed by atoms with Gasteiger partial charge in [-0.1, -0.05) is 0 Å². The Morgan fingerprint density at radius 1 is 0.852 bits per heavy atom. The average Bonchev–Trinajstić information content (AvgIpc) is 2.74. The second-order valence-electron chi connectivity index (χ2n) is 5.46. The summed E-state index contributed by atoms with van der Waals surface area (Å²) in [5.41, 5.74) is 0.143. The zero-order valence-electron chi connectivity index (χ0n) is 14.9. The summed E-state index contributed by atoms with van der Waals surface area (Å²) in [7, 11) is 3.13. The van der Waals surface area contributed by atoms with Crippen molar-refractivity contribution < 1.29 is 20.8 Å². The van der Waals surface area contributed by atoms with Gasteiger partial charge in [0.25, 0.3) is 0 Å². The maximum atomic E-state index is 12.6. The molecule has 7 heteroatoms. The fourth-order valence-electron chi connectivity index (χ4n) is 2.39. The van der Waals surface area contributed by atoms with Gasteiger partial charge in [-0.05, 0) is 0 Å². The molecule has 0 aliphatic carbocycles. The summed E-state index contributed by atoms with van der Waals surface area (Å²) in [5, 5.41) is 0. The molecule has 0 saturated carbocycles. The number of carbonyl (C=O) groups is 1. The van der Waals surface area contributed by atoms with Crippen molar-refractivity contribution in [3.8, 4) is 11.5 Å². The second kappa shape index (κ2) is 8.40. The Labute approximate surface area is 162 Å². The molecule has 0 radical (unpaired) electrons. The molecule has 0 aliphatic rings. The molecule has 0 aliphatic heterocycles. The molecule has 140 valence electrons. The van der Waals surface area contributed by atoms with Crippen LogP contribution in [0.1, 0.15) is 10.5 Å². The molecule has 0 unspecified atom stereocenters. The molecule has 0 saturated heterocycles. The molecule has 3 aromatic rings. The minimum atomic E-state index is -4.49. The first-order chi connectivity index (χ1) is 13.1. The van der Waals surface area contributed by atoms with Gasteiger partial charge in [0.1, 0.15) is 0 Å². The van der Waals surface area contributed by atoms with Crippen LogP contribution in [-0.2, 0) is 3.10 Å². The van der Waals surface area contributed by atoms with E-state index in [1.807, 2.05) is 0 Å². The number of benzene rings is 2. The van der Waals surface area contributed by atoms with Gasteiger partial charge in [-0.15, -0.1) is 0 Å². The molecule has 1 aromatic heterocycles. The van der Waals surface area contributed by atoms with E-state index in [0.29, 0.717) is 18.7 Å². The Bertz CT molecular complexity index is 850. The zero-order valence-corrected chi connectivity index (χ0v) is 17.2. The molecule has 1 heterocycles. The van der Waals surface area contributed by atoms with Crippen molar-refractivity contribution in [1.29, 1.82) is 0 Å². The Morgan fingerprint density at radius 2 is 1.37 bits per heavy atom. The third-order valence-corrected chi connectivity index (χ3v) is 10.1. The topological polar surface area (TPSA) is 77.9 Å². The summed E-state index contributed by atoms with van der Waals surface area (Å²) in [6, 6.07) is 18.7. The van der Waals surface area contributed by atoms with Gasteiger partial charge in [0.2, 0.25) is 0 Å². The van der Waals surface area contributed by atoms with E-state index in [0.717, 1.165) is 0 Å². The van der Waals surface area contributed by atoms with Crippen molar-refractivity contribution >= 4 is 32.2 Å². The number of nitrogens with zero attached hydrogens (tertiary/aromatic N) is 1. The van der Waals surface area contributed by atoms with E-state index in [1.165, 1.54) is 6.20 Å². The van der Waals surface area contributed by atoms with Gasteiger partial charge >= 0.3 is 162 Å². The Kier molecular flexibility index (Phi) is 5.97. The number of pyridine rings is 1. The SMILES string of the molecule is COc1ccc([Te](O)(OC(=O)c2ccccn2)c2ccc(OC)cc2)cc1. The van der Waals surface area contributed by atoms with Crippen LogP contribution in [0.5, 0.6) is 11.5 Å². The molecule has 27 heavy (non-hydrogen) atoms. The number of ether oxygens (including phenoxy) is 2. The number of methoxy groups -OCH3 is 2. The number of hydrogen-bond acceptors (Lipinski definition) is 6. The number of carbonyl (C=O) groups excluding carboxylic acids is 1. The normalized spacial score (nSPS) is 11.5. The van der Waals surface area contributed by atoms with Crippen LogP contribution >= 0.6 is 0 Å². The Morgan fingerprint density at radius 3 is 1.78 bits per heavy atom. The molecule has 1 N–H and O–H groups in total. The monoisotopic (exact) mass is 483 g/mol. The molecule has 6 nitrogen and oxygen atoms in total. The van der Waals surface area contributed by atoms with E-state index in [9.17, 15) is 8.27 Å². The first-order valence-corrected chi connectivity index (χ1v) is 12.4. The third kappa shape index (κ3) is 4.22. The minimum absolute atomic E-state index is 0.143. The van der Waals surface area contributed by atoms with Gasteiger partial charge in [0.15, 0.2) is 0 Å². The van der Waals surface area contributed by atoms with Crippen molar-refractivity contribution in [2.45, 2.75) is 0 Å². The molecule has 0 bridgehead atoms. The van der Waals surface area contributed by atoms with E-state index >= 15 is 0 Å². The molecule has 0 spiro atoms. The van der Waals surface area contributed by atoms with Crippen LogP contribution in [-0.4, -0.2) is 47.6 Å². The van der Waals surface area contributed by atoms with Crippen LogP contribution in [0.4, 0.5) is 0 Å². The molecule has 0 fully saturated rings. The summed E-state index contributed by atoms with van der Waals surface area (Å²) in [4.78, 5) is 16.6. The van der Waals surface area contributed by atoms with Crippen LogP contribution in [0, 0.1) is 0 Å². The first kappa shape index (κ1) is 19.2. The van der Waals surface area contributed by atoms with Gasteiger partial charge in [-0.2, -0.15) is 0 Å². The molecule has 0 atom stereocenters. The van der Waals surface area contributed by atoms with Gasteiger partial charge in [0.05, 0.1) is 0 Å². The van der Waals surface area contributed by atoms with E-state index in [2.05, 4.69) is 4.98 Å². The molecule has 3 rings (SSSR count). The van der Waals surface area contributed by atoms with Crippen molar-refractivity contribution in [3.05, 3.63) is 78.6 Å². The van der Waals surface area contributed by atoms with Crippen molar-refractivity contribution in [2.24, 2.45) is 0 Å². The van der Waals surface area contributed by atoms with Crippen LogP contribution in [0.25, 0.3) is 0 Å². The summed E-state index contributed by atoms with van der Waals surface area (Å²) in [5.74, 6) is 0.635. The second-order valence-corrected chi connectivity index (χ2v) is 11.6. The standard InChI is InChI=1S/C20H19NO5Te/c1-24-15-6-10-17(11-7-15)27(23,18-12-8-16(25-2)9-13-18)26-20(22)19-5-3-4-14-21-19/h3-14,23H,1-2H3. The Balaban J connectivity index is 2.02. The fraction of sp³-hybridized carbons (Fsp3) is 0.100. The van der Waals surface area contributed by atoms with Gasteiger partial charge < -0.3 is 0 Å². The molecule has 2 aromatic carbocycles. The summed E-state index contributed by atoms with van der Waals surface area (Å²) >= 11 is -4.49. The van der Waals surface area contributed by atoms with E-state index < -0.39 is 25.0 Å². The van der Waals surface area contributed by atoms with Crippen molar-refractivity contribution in [1.82, 2.24) is 4.98 Å². The van der Waals surface area contributed by atoms with Crippen LogP contribution in [0.3, 0.4) is 0 Å². The number of aromatic nitrogens is 1. The molecular weight excluding hydrogens is 462 g/mol. The number of rotatable bonds is 6. The van der Waals surface area contributed by atoms with Crippen LogP contribution in [0.15, 0.2) is 72.9 Å². The van der Waals surface area contributed by atoms with Gasteiger partial charge in [-0.3, -0.25) is 0 Å². The van der Waals surface area contributed by atoms with Crippen LogP contribution < -0.4 is 16.7 Å². The number of hydrogen-bond donors (Lipinski definition) is 1. The van der Waals surface area contributed by atoms with E-state index in [4.69, 9.17) is 12.6 Å². The van der Waals surface area contributed by atoms with Crippen molar-refractivity contribution in [2.75, 3.05) is 14.2 Å². The van der Waals surface area contributed by atoms with Crippen LogP contribution in [0.2, 0.25) is 0 Å². The zero-order chi connectivity index (χ0) is 19.3. The van der Waals surface area contributed by atoms with E-state index in [-0.39, 0.29) is 5.69 Å². The predicted molar refractivity (Wildman–Crippen MR) is 103 cm³/mol. The third-order valence-electron chi connectivity index (χ3n) is 3.83. The summed E-state index contributed by atoms with van der Waals surface area (Å²) in [6.45, 7) is 0. The van der Waals surface area contributed by atoms with E-state index in [1.54, 1.807) is 80.9 Å².